The van der Waals surface area contributed by atoms with Crippen LogP contribution in [0.15, 0.2) is 76.6 Å². The molecule has 1 unspecified atom stereocenters. The standard InChI is InChI=1S/C29H30N4O7.K/c1-5-9-22(21(6-2)26-31-29(36)40-32-26)20-14-12-19(13-15-20)16-33-25-23(27(35)39-17-38-18(4)34)10-8-11-24(25)30-28(33)37-7-3;/h5-6,8-15,28,30H,1,7,16-17H2,2-4H3,(H,31,32,36);/q;+1/p-1/b21-6+,22-9-;. The van der Waals surface area contributed by atoms with Gasteiger partial charge in [-0.1, -0.05) is 55.1 Å². The van der Waals surface area contributed by atoms with E-state index in [2.05, 4.69) is 26.6 Å². The molecule has 0 aliphatic carbocycles. The Morgan fingerprint density at radius 2 is 1.93 bits per heavy atom. The first-order valence-electron chi connectivity index (χ1n) is 12.5. The van der Waals surface area contributed by atoms with Gasteiger partial charge in [0.05, 0.1) is 16.9 Å². The molecule has 0 radical (unpaired) electrons. The third-order valence-electron chi connectivity index (χ3n) is 6.01. The molecule has 0 fully saturated rings. The summed E-state index contributed by atoms with van der Waals surface area (Å²) in [5.74, 6) is -1.75. The molecular weight excluding hydrogens is 555 g/mol. The van der Waals surface area contributed by atoms with E-state index in [1.807, 2.05) is 55.2 Å². The van der Waals surface area contributed by atoms with Gasteiger partial charge in [0.1, 0.15) is 0 Å². The summed E-state index contributed by atoms with van der Waals surface area (Å²) >= 11 is 0. The van der Waals surface area contributed by atoms with E-state index in [0.29, 0.717) is 35.7 Å². The first-order valence-corrected chi connectivity index (χ1v) is 12.5. The van der Waals surface area contributed by atoms with Crippen LogP contribution in [-0.2, 0) is 25.5 Å². The minimum atomic E-state index is -0.763. The van der Waals surface area contributed by atoms with Gasteiger partial charge >= 0.3 is 69.1 Å². The van der Waals surface area contributed by atoms with Gasteiger partial charge in [0.2, 0.25) is 13.1 Å². The number of para-hydroxylation sites is 1. The molecular formula is C29H29KN4O7. The quantitative estimate of drug-likeness (QED) is 0.150. The summed E-state index contributed by atoms with van der Waals surface area (Å²) < 4.78 is 20.5. The van der Waals surface area contributed by atoms with Gasteiger partial charge in [-0.15, -0.1) is 0 Å². The zero-order valence-corrected chi connectivity index (χ0v) is 26.5. The zero-order chi connectivity index (χ0) is 28.6. The summed E-state index contributed by atoms with van der Waals surface area (Å²) in [5.41, 5.74) is 4.82. The summed E-state index contributed by atoms with van der Waals surface area (Å²) in [6, 6.07) is 13.0. The van der Waals surface area contributed by atoms with Gasteiger partial charge < -0.3 is 33.9 Å². The molecule has 1 aliphatic heterocycles. The van der Waals surface area contributed by atoms with Crippen molar-refractivity contribution in [2.75, 3.05) is 23.6 Å². The number of rotatable bonds is 11. The van der Waals surface area contributed by atoms with Crippen LogP contribution in [0.3, 0.4) is 0 Å². The third-order valence-corrected chi connectivity index (χ3v) is 6.01. The van der Waals surface area contributed by atoms with Crippen LogP contribution >= 0.6 is 0 Å². The van der Waals surface area contributed by atoms with E-state index in [4.69, 9.17) is 14.2 Å². The number of allylic oxidation sites excluding steroid dienone is 5. The van der Waals surface area contributed by atoms with Crippen LogP contribution in [0.2, 0.25) is 0 Å². The maximum Gasteiger partial charge on any atom is 1.00 e. The molecule has 2 heterocycles. The minimum absolute atomic E-state index is 0. The van der Waals surface area contributed by atoms with E-state index < -0.39 is 30.8 Å². The predicted molar refractivity (Wildman–Crippen MR) is 148 cm³/mol. The van der Waals surface area contributed by atoms with E-state index in [9.17, 15) is 14.4 Å². The van der Waals surface area contributed by atoms with E-state index >= 15 is 0 Å². The Morgan fingerprint density at radius 3 is 2.54 bits per heavy atom. The van der Waals surface area contributed by atoms with Crippen molar-refractivity contribution in [3.63, 3.8) is 0 Å². The number of fused-ring (bicyclic) bond motifs is 1. The number of nitrogens with zero attached hydrogens (tertiary/aromatic N) is 3. The number of carbonyl (C=O) groups is 2. The van der Waals surface area contributed by atoms with Crippen LogP contribution in [-0.4, -0.2) is 36.8 Å². The average Bonchev–Trinajstić information content (AvgIpc) is 3.52. The molecule has 41 heavy (non-hydrogen) atoms. The smallest absolute Gasteiger partial charge is 0.428 e. The first kappa shape index (κ1) is 32.3. The summed E-state index contributed by atoms with van der Waals surface area (Å²) in [5, 5.41) is 7.07. The molecule has 0 spiro atoms. The maximum absolute atomic E-state index is 12.9. The molecule has 2 aromatic carbocycles. The van der Waals surface area contributed by atoms with Crippen molar-refractivity contribution in [1.82, 2.24) is 10.1 Å². The van der Waals surface area contributed by atoms with Gasteiger partial charge in [-0.2, -0.15) is 0 Å². The van der Waals surface area contributed by atoms with Gasteiger partial charge in [0.15, 0.2) is 0 Å². The second kappa shape index (κ2) is 15.1. The Labute approximate surface area is 279 Å². The van der Waals surface area contributed by atoms with E-state index in [1.54, 1.807) is 24.3 Å². The topological polar surface area (TPSA) is 134 Å². The van der Waals surface area contributed by atoms with Crippen LogP contribution in [0.1, 0.15) is 48.1 Å². The van der Waals surface area contributed by atoms with E-state index in [1.165, 1.54) is 6.92 Å². The largest absolute Gasteiger partial charge is 1.00 e. The fourth-order valence-electron chi connectivity index (χ4n) is 4.33. The Morgan fingerprint density at radius 1 is 1.17 bits per heavy atom. The van der Waals surface area contributed by atoms with Crippen molar-refractivity contribution in [2.24, 2.45) is 0 Å². The number of esters is 2. The van der Waals surface area contributed by atoms with Gasteiger partial charge in [-0.25, -0.2) is 9.59 Å². The summed E-state index contributed by atoms with van der Waals surface area (Å²) in [7, 11) is 0. The van der Waals surface area contributed by atoms with Gasteiger partial charge in [0, 0.05) is 20.1 Å². The fraction of sp³-hybridized carbons (Fsp3) is 0.241. The molecule has 0 saturated carbocycles. The van der Waals surface area contributed by atoms with Crippen molar-refractivity contribution >= 4 is 34.5 Å². The molecule has 3 aromatic rings. The molecule has 4 rings (SSSR count). The van der Waals surface area contributed by atoms with Crippen molar-refractivity contribution < 1.29 is 79.7 Å². The van der Waals surface area contributed by atoms with Crippen LogP contribution < -0.4 is 72.3 Å². The van der Waals surface area contributed by atoms with Crippen molar-refractivity contribution in [2.45, 2.75) is 33.7 Å². The molecule has 1 atom stereocenters. The van der Waals surface area contributed by atoms with Crippen LogP contribution in [0.4, 0.5) is 11.4 Å². The van der Waals surface area contributed by atoms with Crippen LogP contribution in [0, 0.1) is 0 Å². The Kier molecular flexibility index (Phi) is 11.9. The zero-order valence-electron chi connectivity index (χ0n) is 23.4. The number of benzene rings is 2. The molecule has 0 amide bonds. The van der Waals surface area contributed by atoms with Crippen LogP contribution in [0.5, 0.6) is 0 Å². The van der Waals surface area contributed by atoms with E-state index in [0.717, 1.165) is 16.7 Å². The maximum atomic E-state index is 12.9. The Bertz CT molecular complexity index is 1510. The van der Waals surface area contributed by atoms with E-state index in [-0.39, 0.29) is 57.2 Å². The third kappa shape index (κ3) is 7.73. The summed E-state index contributed by atoms with van der Waals surface area (Å²) in [6.07, 6.45) is 4.74. The summed E-state index contributed by atoms with van der Waals surface area (Å²) in [6.45, 7) is 9.12. The second-order valence-corrected chi connectivity index (χ2v) is 8.57. The summed E-state index contributed by atoms with van der Waals surface area (Å²) in [4.78, 5) is 41.2. The number of hydrogen-bond donors (Lipinski definition) is 1. The average molecular weight is 585 g/mol. The van der Waals surface area contributed by atoms with Crippen molar-refractivity contribution in [3.8, 4) is 0 Å². The fourth-order valence-corrected chi connectivity index (χ4v) is 4.33. The van der Waals surface area contributed by atoms with Gasteiger partial charge in [-0.3, -0.25) is 9.95 Å². The number of anilines is 2. The first-order chi connectivity index (χ1) is 19.4. The molecule has 0 saturated heterocycles. The normalized spacial score (nSPS) is 14.5. The monoisotopic (exact) mass is 584 g/mol. The number of hydrogen-bond acceptors (Lipinski definition) is 10. The Hall–Kier alpha value is -3.26. The Balaban J connectivity index is 0.00000462. The second-order valence-electron chi connectivity index (χ2n) is 8.57. The van der Waals surface area contributed by atoms with Crippen molar-refractivity contribution in [1.29, 1.82) is 0 Å². The number of carbonyl (C=O) groups excluding carboxylic acids is 2. The molecule has 0 bridgehead atoms. The van der Waals surface area contributed by atoms with Gasteiger partial charge in [0.25, 0.3) is 0 Å². The number of aromatic nitrogens is 2. The van der Waals surface area contributed by atoms with Crippen molar-refractivity contribution in [3.05, 3.63) is 100 Å². The molecule has 1 aliphatic rings. The predicted octanol–water partition coefficient (Wildman–Crippen LogP) is 1.10. The molecule has 12 heteroatoms. The minimum Gasteiger partial charge on any atom is -0.428 e. The molecule has 1 N–H and O–H groups in total. The van der Waals surface area contributed by atoms with Crippen LogP contribution in [0.25, 0.3) is 11.1 Å². The van der Waals surface area contributed by atoms with Gasteiger partial charge in [-0.05, 0) is 54.1 Å². The molecule has 1 aromatic heterocycles. The SMILES string of the molecule is C=C/C=C(\C(=C/C)c1noc(=O)[n-]1)c1ccc(CN2c3c(cccc3C(=O)OCOC(C)=O)NC2OCC)cc1.[K+]. The number of nitrogens with one attached hydrogen (secondary N) is 1. The number of ether oxygens (including phenoxy) is 3. The molecule has 11 nitrogen and oxygen atoms in total. The molecule has 208 valence electrons.